The first-order valence-corrected chi connectivity index (χ1v) is 11.5. The fourth-order valence-corrected chi connectivity index (χ4v) is 4.58. The fourth-order valence-electron chi connectivity index (χ4n) is 3.92. The highest BCUT2D eigenvalue weighted by Gasteiger charge is 2.54. The maximum Gasteiger partial charge on any atom is 0.192 e. The van der Waals surface area contributed by atoms with E-state index in [9.17, 15) is 10.2 Å². The molecule has 3 atom stereocenters. The van der Waals surface area contributed by atoms with Gasteiger partial charge in [-0.15, -0.1) is 0 Å². The van der Waals surface area contributed by atoms with Crippen molar-refractivity contribution in [1.82, 2.24) is 0 Å². The Balaban J connectivity index is 5.64. The lowest BCUT2D eigenvalue weighted by Gasteiger charge is -2.44. The van der Waals surface area contributed by atoms with Gasteiger partial charge in [-0.1, -0.05) is 103 Å². The SMILES string of the molecule is CCCCC(CC)CCC(O)(CC(CC)CCCC)C(O)(C(N)=S)C(N)=S. The van der Waals surface area contributed by atoms with Crippen LogP contribution >= 0.6 is 24.4 Å². The maximum atomic E-state index is 11.7. The molecule has 0 saturated heterocycles. The summed E-state index contributed by atoms with van der Waals surface area (Å²) in [5.41, 5.74) is 8.15. The second-order valence-electron chi connectivity index (χ2n) is 8.05. The van der Waals surface area contributed by atoms with E-state index in [1.165, 1.54) is 6.42 Å². The summed E-state index contributed by atoms with van der Waals surface area (Å²) in [5.74, 6) is 0.759. The van der Waals surface area contributed by atoms with Gasteiger partial charge in [-0.25, -0.2) is 0 Å². The third-order valence-corrected chi connectivity index (χ3v) is 6.66. The van der Waals surface area contributed by atoms with Crippen LogP contribution in [-0.2, 0) is 0 Å². The highest BCUT2D eigenvalue weighted by atomic mass is 32.1. The standard InChI is InChI=1S/C21H42N2O2S2/c1-5-9-11-16(7-3)13-14-20(24,15-17(8-4)12-10-6-2)21(25,18(22)26)19(23)27/h16-17,24-25H,5-15H2,1-4H3,(H2,22,26)(H2,23,27). The monoisotopic (exact) mass is 418 g/mol. The van der Waals surface area contributed by atoms with Gasteiger partial charge in [-0.05, 0) is 31.1 Å². The summed E-state index contributed by atoms with van der Waals surface area (Å²) in [6.07, 6.45) is 10.2. The molecule has 3 unspecified atom stereocenters. The van der Waals surface area contributed by atoms with Crippen molar-refractivity contribution in [3.05, 3.63) is 0 Å². The zero-order valence-corrected chi connectivity index (χ0v) is 19.4. The number of thiocarbonyl (C=S) groups is 2. The lowest BCUT2D eigenvalue weighted by molar-refractivity contribution is -0.0971. The van der Waals surface area contributed by atoms with Gasteiger partial charge in [-0.2, -0.15) is 0 Å². The summed E-state index contributed by atoms with van der Waals surface area (Å²) < 4.78 is 0. The summed E-state index contributed by atoms with van der Waals surface area (Å²) in [5, 5.41) is 22.9. The Labute approximate surface area is 177 Å². The van der Waals surface area contributed by atoms with Crippen LogP contribution in [0.2, 0.25) is 0 Å². The van der Waals surface area contributed by atoms with Gasteiger partial charge in [0.1, 0.15) is 15.6 Å². The molecule has 0 spiro atoms. The molecule has 0 aliphatic heterocycles. The van der Waals surface area contributed by atoms with Gasteiger partial charge < -0.3 is 21.7 Å². The normalized spacial score (nSPS) is 16.5. The molecule has 0 fully saturated rings. The van der Waals surface area contributed by atoms with E-state index in [0.29, 0.717) is 18.8 Å². The molecule has 0 bridgehead atoms. The van der Waals surface area contributed by atoms with E-state index in [1.807, 2.05) is 0 Å². The molecule has 160 valence electrons. The van der Waals surface area contributed by atoms with Crippen LogP contribution in [0.1, 0.15) is 98.3 Å². The lowest BCUT2D eigenvalue weighted by atomic mass is 9.71. The van der Waals surface area contributed by atoms with Gasteiger partial charge in [0, 0.05) is 0 Å². The second kappa shape index (κ2) is 13.0. The van der Waals surface area contributed by atoms with Gasteiger partial charge in [0.15, 0.2) is 5.60 Å². The largest absolute Gasteiger partial charge is 0.390 e. The van der Waals surface area contributed by atoms with Crippen molar-refractivity contribution in [3.63, 3.8) is 0 Å². The number of hydrogen-bond donors (Lipinski definition) is 4. The van der Waals surface area contributed by atoms with Gasteiger partial charge in [-0.3, -0.25) is 0 Å². The van der Waals surface area contributed by atoms with Crippen LogP contribution in [0.15, 0.2) is 0 Å². The molecule has 27 heavy (non-hydrogen) atoms. The van der Waals surface area contributed by atoms with Gasteiger partial charge >= 0.3 is 0 Å². The second-order valence-corrected chi connectivity index (χ2v) is 8.93. The van der Waals surface area contributed by atoms with Crippen molar-refractivity contribution in [1.29, 1.82) is 0 Å². The van der Waals surface area contributed by atoms with Crippen molar-refractivity contribution in [3.8, 4) is 0 Å². The minimum atomic E-state index is -2.01. The average Bonchev–Trinajstić information content (AvgIpc) is 2.63. The van der Waals surface area contributed by atoms with Crippen LogP contribution in [0.4, 0.5) is 0 Å². The molecule has 4 nitrogen and oxygen atoms in total. The van der Waals surface area contributed by atoms with Crippen molar-refractivity contribution in [2.45, 2.75) is 110 Å². The number of aliphatic hydroxyl groups is 2. The van der Waals surface area contributed by atoms with E-state index in [0.717, 1.165) is 51.4 Å². The van der Waals surface area contributed by atoms with E-state index in [-0.39, 0.29) is 15.9 Å². The summed E-state index contributed by atoms with van der Waals surface area (Å²) in [7, 11) is 0. The Morgan fingerprint density at radius 3 is 1.63 bits per heavy atom. The predicted octanol–water partition coefficient (Wildman–Crippen LogP) is 4.62. The first-order chi connectivity index (χ1) is 12.6. The summed E-state index contributed by atoms with van der Waals surface area (Å²) >= 11 is 10.2. The van der Waals surface area contributed by atoms with Crippen molar-refractivity contribution >= 4 is 34.4 Å². The number of unbranched alkanes of at least 4 members (excludes halogenated alkanes) is 2. The Kier molecular flexibility index (Phi) is 12.9. The quantitative estimate of drug-likeness (QED) is 0.273. The molecule has 0 aromatic rings. The molecule has 0 aliphatic rings. The minimum absolute atomic E-state index is 0.232. The van der Waals surface area contributed by atoms with Gasteiger partial charge in [0.2, 0.25) is 0 Å². The van der Waals surface area contributed by atoms with Crippen LogP contribution < -0.4 is 11.5 Å². The molecule has 6 heteroatoms. The Hall–Kier alpha value is -0.300. The summed E-state index contributed by atoms with van der Waals surface area (Å²) in [6.45, 7) is 8.61. The Morgan fingerprint density at radius 1 is 0.815 bits per heavy atom. The average molecular weight is 419 g/mol. The van der Waals surface area contributed by atoms with Gasteiger partial charge in [0.05, 0.1) is 0 Å². The van der Waals surface area contributed by atoms with E-state index < -0.39 is 11.2 Å². The third-order valence-electron chi connectivity index (χ3n) is 6.07. The van der Waals surface area contributed by atoms with Crippen molar-refractivity contribution in [2.75, 3.05) is 0 Å². The molecule has 0 aliphatic carbocycles. The molecule has 0 saturated carbocycles. The molecule has 0 aromatic carbocycles. The number of hydrogen-bond acceptors (Lipinski definition) is 4. The zero-order chi connectivity index (χ0) is 21.1. The molecule has 0 radical (unpaired) electrons. The van der Waals surface area contributed by atoms with Crippen molar-refractivity contribution in [2.24, 2.45) is 23.3 Å². The Morgan fingerprint density at radius 2 is 1.26 bits per heavy atom. The smallest absolute Gasteiger partial charge is 0.192 e. The first kappa shape index (κ1) is 26.7. The Bertz CT molecular complexity index is 445. The van der Waals surface area contributed by atoms with Crippen molar-refractivity contribution < 1.29 is 10.2 Å². The third kappa shape index (κ3) is 7.56. The molecular formula is C21H42N2O2S2. The predicted molar refractivity (Wildman–Crippen MR) is 124 cm³/mol. The number of nitrogens with two attached hydrogens (primary N) is 2. The van der Waals surface area contributed by atoms with Crippen LogP contribution in [-0.4, -0.2) is 31.4 Å². The van der Waals surface area contributed by atoms with Crippen LogP contribution in [0.3, 0.4) is 0 Å². The first-order valence-electron chi connectivity index (χ1n) is 10.7. The highest BCUT2D eigenvalue weighted by molar-refractivity contribution is 7.82. The fraction of sp³-hybridized carbons (Fsp3) is 0.905. The molecule has 0 amide bonds. The maximum absolute atomic E-state index is 11.7. The van der Waals surface area contributed by atoms with E-state index in [1.54, 1.807) is 0 Å². The van der Waals surface area contributed by atoms with Crippen LogP contribution in [0.25, 0.3) is 0 Å². The van der Waals surface area contributed by atoms with Crippen LogP contribution in [0, 0.1) is 11.8 Å². The molecular weight excluding hydrogens is 376 g/mol. The van der Waals surface area contributed by atoms with Crippen LogP contribution in [0.5, 0.6) is 0 Å². The van der Waals surface area contributed by atoms with E-state index in [4.69, 9.17) is 35.9 Å². The lowest BCUT2D eigenvalue weighted by Crippen LogP contribution is -2.68. The molecule has 0 aromatic heterocycles. The zero-order valence-electron chi connectivity index (χ0n) is 17.8. The topological polar surface area (TPSA) is 92.5 Å². The number of rotatable bonds is 16. The summed E-state index contributed by atoms with van der Waals surface area (Å²) in [6, 6.07) is 0. The summed E-state index contributed by atoms with van der Waals surface area (Å²) in [4.78, 5) is -0.464. The molecule has 0 rings (SSSR count). The van der Waals surface area contributed by atoms with E-state index >= 15 is 0 Å². The molecule has 0 heterocycles. The van der Waals surface area contributed by atoms with E-state index in [2.05, 4.69) is 27.7 Å². The highest BCUT2D eigenvalue weighted by Crippen LogP contribution is 2.38. The minimum Gasteiger partial charge on any atom is -0.390 e. The molecule has 6 N–H and O–H groups in total. The van der Waals surface area contributed by atoms with Gasteiger partial charge in [0.25, 0.3) is 0 Å².